The van der Waals surface area contributed by atoms with Crippen LogP contribution in [0.15, 0.2) is 54.2 Å². The van der Waals surface area contributed by atoms with Crippen LogP contribution in [0.5, 0.6) is 0 Å². The third-order valence-corrected chi connectivity index (χ3v) is 8.05. The average molecular weight is 554 g/mol. The topological polar surface area (TPSA) is 38.8 Å². The van der Waals surface area contributed by atoms with E-state index in [2.05, 4.69) is 4.90 Å². The molecule has 3 unspecified atom stereocenters. The van der Waals surface area contributed by atoms with E-state index in [4.69, 9.17) is 9.47 Å². The number of halogens is 6. The average Bonchev–Trinajstić information content (AvgIpc) is 3.49. The minimum atomic E-state index is -4.95. The number of aryl methyl sites for hydroxylation is 1. The maximum atomic E-state index is 13.5. The monoisotopic (exact) mass is 553 g/mol. The molecule has 2 aliphatic heterocycles. The summed E-state index contributed by atoms with van der Waals surface area (Å²) in [4.78, 5) is 14.0. The van der Waals surface area contributed by atoms with Gasteiger partial charge in [0.15, 0.2) is 12.1 Å². The van der Waals surface area contributed by atoms with Crippen LogP contribution in [0, 0.1) is 18.8 Å². The summed E-state index contributed by atoms with van der Waals surface area (Å²) in [6.45, 7) is 5.08. The van der Waals surface area contributed by atoms with E-state index < -0.39 is 35.9 Å². The van der Waals surface area contributed by atoms with E-state index in [9.17, 15) is 31.1 Å². The van der Waals surface area contributed by atoms with Gasteiger partial charge in [-0.05, 0) is 61.1 Å². The Morgan fingerprint density at radius 1 is 0.974 bits per heavy atom. The Labute approximate surface area is 222 Å². The van der Waals surface area contributed by atoms with Crippen LogP contribution in [-0.2, 0) is 26.6 Å². The third-order valence-electron chi connectivity index (χ3n) is 8.05. The minimum absolute atomic E-state index is 0.0564. The predicted octanol–water partition coefficient (Wildman–Crippen LogP) is 7.05. The number of carbonyl (C=O) groups is 1. The van der Waals surface area contributed by atoms with Crippen molar-refractivity contribution in [3.8, 4) is 0 Å². The molecule has 3 aliphatic rings. The number of carbonyl (C=O) groups excluding carboxylic acids is 1. The first-order valence-corrected chi connectivity index (χ1v) is 12.9. The second-order valence-electron chi connectivity index (χ2n) is 10.6. The zero-order chi connectivity index (χ0) is 28.1. The van der Waals surface area contributed by atoms with Gasteiger partial charge >= 0.3 is 12.4 Å². The van der Waals surface area contributed by atoms with Gasteiger partial charge in [0.25, 0.3) is 0 Å². The van der Waals surface area contributed by atoms with E-state index in [-0.39, 0.29) is 35.2 Å². The lowest BCUT2D eigenvalue weighted by atomic mass is 9.76. The van der Waals surface area contributed by atoms with E-state index in [0.717, 1.165) is 16.8 Å². The molecule has 5 rings (SSSR count). The third kappa shape index (κ3) is 5.72. The van der Waals surface area contributed by atoms with Gasteiger partial charge in [0.1, 0.15) is 0 Å². The zero-order valence-electron chi connectivity index (χ0n) is 21.5. The molecule has 2 aromatic carbocycles. The molecular weight excluding hydrogens is 524 g/mol. The van der Waals surface area contributed by atoms with Crippen molar-refractivity contribution in [2.24, 2.45) is 11.8 Å². The van der Waals surface area contributed by atoms with Crippen molar-refractivity contribution in [1.82, 2.24) is 4.90 Å². The van der Waals surface area contributed by atoms with Crippen LogP contribution in [0.2, 0.25) is 0 Å². The van der Waals surface area contributed by atoms with Gasteiger partial charge in [0.2, 0.25) is 0 Å². The highest BCUT2D eigenvalue weighted by Crippen LogP contribution is 2.47. The number of ether oxygens (including phenoxy) is 2. The van der Waals surface area contributed by atoms with Crippen LogP contribution in [0.25, 0.3) is 0 Å². The number of rotatable bonds is 5. The fourth-order valence-electron chi connectivity index (χ4n) is 6.02. The Hall–Kier alpha value is -2.85. The summed E-state index contributed by atoms with van der Waals surface area (Å²) in [6, 6.07) is 9.22. The Kier molecular flexibility index (Phi) is 7.30. The van der Waals surface area contributed by atoms with Crippen LogP contribution in [0.4, 0.5) is 26.3 Å². The molecule has 2 aromatic rings. The van der Waals surface area contributed by atoms with E-state index in [1.54, 1.807) is 6.08 Å². The first-order valence-electron chi connectivity index (χ1n) is 12.9. The molecule has 0 aromatic heterocycles. The van der Waals surface area contributed by atoms with E-state index >= 15 is 0 Å². The summed E-state index contributed by atoms with van der Waals surface area (Å²) in [5.74, 6) is -0.0171. The summed E-state index contributed by atoms with van der Waals surface area (Å²) in [5, 5.41) is 0. The largest absolute Gasteiger partial charge is 0.416 e. The highest BCUT2D eigenvalue weighted by Gasteiger charge is 2.48. The fraction of sp³-hybridized carbons (Fsp3) is 0.483. The number of fused-ring (bicyclic) bond motifs is 1. The zero-order valence-corrected chi connectivity index (χ0v) is 21.5. The molecule has 0 amide bonds. The van der Waals surface area contributed by atoms with Crippen LogP contribution in [-0.4, -0.2) is 36.7 Å². The first-order chi connectivity index (χ1) is 18.3. The van der Waals surface area contributed by atoms with Crippen LogP contribution in [0.1, 0.15) is 59.6 Å². The number of ketones is 1. The number of hydrogen-bond acceptors (Lipinski definition) is 4. The number of allylic oxidation sites excluding steroid dienone is 2. The molecule has 0 bridgehead atoms. The van der Waals surface area contributed by atoms with Crippen molar-refractivity contribution in [2.75, 3.05) is 19.7 Å². The summed E-state index contributed by atoms with van der Waals surface area (Å²) >= 11 is 0. The standard InChI is InChI=1S/C29H29F6NO3/c1-16-5-3-4-6-24(16)26-25-14-36(22-7-8-23(37)12-22)13-19(25)15-38-27(26)39-17(2)18-9-20(28(30,31)32)11-21(10-18)29(33,34)35/h3-6,9-12,17,19,25-27H,7-8,13-15H2,1-2H3/t17-,19?,25-,26?,27?/m1/s1. The molecule has 4 nitrogen and oxygen atoms in total. The fourth-order valence-corrected chi connectivity index (χ4v) is 6.02. The predicted molar refractivity (Wildman–Crippen MR) is 130 cm³/mol. The van der Waals surface area contributed by atoms with E-state index in [0.29, 0.717) is 44.7 Å². The van der Waals surface area contributed by atoms with Crippen LogP contribution in [0.3, 0.4) is 0 Å². The summed E-state index contributed by atoms with van der Waals surface area (Å²) in [7, 11) is 0. The van der Waals surface area contributed by atoms with Gasteiger partial charge in [0, 0.05) is 43.1 Å². The van der Waals surface area contributed by atoms with Gasteiger partial charge in [-0.15, -0.1) is 0 Å². The van der Waals surface area contributed by atoms with E-state index in [1.807, 2.05) is 31.2 Å². The molecule has 2 heterocycles. The van der Waals surface area contributed by atoms with Gasteiger partial charge < -0.3 is 14.4 Å². The lowest BCUT2D eigenvalue weighted by Crippen LogP contribution is -2.42. The maximum absolute atomic E-state index is 13.5. The Morgan fingerprint density at radius 2 is 1.64 bits per heavy atom. The molecule has 2 fully saturated rings. The lowest BCUT2D eigenvalue weighted by Gasteiger charge is -2.41. The quantitative estimate of drug-likeness (QED) is 0.372. The van der Waals surface area contributed by atoms with E-state index in [1.165, 1.54) is 6.92 Å². The molecule has 2 saturated heterocycles. The van der Waals surface area contributed by atoms with Gasteiger partial charge in [-0.1, -0.05) is 24.3 Å². The molecule has 0 spiro atoms. The highest BCUT2D eigenvalue weighted by atomic mass is 19.4. The minimum Gasteiger partial charge on any atom is -0.374 e. The molecule has 210 valence electrons. The van der Waals surface area contributed by atoms with Crippen molar-refractivity contribution < 1.29 is 40.6 Å². The number of nitrogens with zero attached hydrogens (tertiary/aromatic N) is 1. The second-order valence-corrected chi connectivity index (χ2v) is 10.6. The molecule has 0 saturated carbocycles. The Bertz CT molecular complexity index is 1240. The molecule has 10 heteroatoms. The van der Waals surface area contributed by atoms with Crippen molar-refractivity contribution in [3.05, 3.63) is 82.1 Å². The van der Waals surface area contributed by atoms with Gasteiger partial charge in [0.05, 0.1) is 23.8 Å². The smallest absolute Gasteiger partial charge is 0.374 e. The summed E-state index contributed by atoms with van der Waals surface area (Å²) < 4.78 is 93.1. The molecule has 39 heavy (non-hydrogen) atoms. The van der Waals surface area contributed by atoms with Gasteiger partial charge in [-0.25, -0.2) is 0 Å². The highest BCUT2D eigenvalue weighted by molar-refractivity contribution is 5.92. The summed E-state index contributed by atoms with van der Waals surface area (Å²) in [5.41, 5.74) is -0.0493. The second kappa shape index (κ2) is 10.3. The lowest BCUT2D eigenvalue weighted by molar-refractivity contribution is -0.217. The van der Waals surface area contributed by atoms with Crippen molar-refractivity contribution in [3.63, 3.8) is 0 Å². The molecule has 0 N–H and O–H groups in total. The van der Waals surface area contributed by atoms with Crippen LogP contribution < -0.4 is 0 Å². The molecular formula is C29H29F6NO3. The number of likely N-dealkylation sites (tertiary alicyclic amines) is 1. The molecule has 5 atom stereocenters. The number of benzene rings is 2. The summed E-state index contributed by atoms with van der Waals surface area (Å²) in [6.07, 6.45) is -9.03. The SMILES string of the molecule is Cc1ccccc1C1C(O[C@H](C)c2cc(C(F)(F)F)cc(C(F)(F)F)c2)OCC2CN(C3=CC(=O)CC3)C[C@H]21. The molecule has 0 radical (unpaired) electrons. The number of alkyl halides is 6. The van der Waals surface area contributed by atoms with Crippen molar-refractivity contribution >= 4 is 5.78 Å². The first kappa shape index (κ1) is 27.7. The van der Waals surface area contributed by atoms with Crippen molar-refractivity contribution in [1.29, 1.82) is 0 Å². The van der Waals surface area contributed by atoms with Crippen LogP contribution >= 0.6 is 0 Å². The van der Waals surface area contributed by atoms with Gasteiger partial charge in [-0.3, -0.25) is 4.79 Å². The normalized spacial score (nSPS) is 26.5. The Morgan fingerprint density at radius 3 is 2.23 bits per heavy atom. The Balaban J connectivity index is 1.46. The number of hydrogen-bond donors (Lipinski definition) is 0. The van der Waals surface area contributed by atoms with Crippen molar-refractivity contribution in [2.45, 2.75) is 57.4 Å². The maximum Gasteiger partial charge on any atom is 0.416 e. The van der Waals surface area contributed by atoms with Gasteiger partial charge in [-0.2, -0.15) is 26.3 Å². The molecule has 1 aliphatic carbocycles.